The predicted molar refractivity (Wildman–Crippen MR) is 64.9 cm³/mol. The molecule has 1 N–H and O–H groups in total. The van der Waals surface area contributed by atoms with Crippen molar-refractivity contribution in [1.82, 2.24) is 0 Å². The summed E-state index contributed by atoms with van der Waals surface area (Å²) in [4.78, 5) is 0. The van der Waals surface area contributed by atoms with E-state index < -0.39 is 5.60 Å². The van der Waals surface area contributed by atoms with Gasteiger partial charge in [-0.2, -0.15) is 5.26 Å². The molecular formula is C14H19NO. The van der Waals surface area contributed by atoms with E-state index >= 15 is 0 Å². The van der Waals surface area contributed by atoms with Crippen molar-refractivity contribution in [2.24, 2.45) is 0 Å². The Morgan fingerprint density at radius 2 is 1.88 bits per heavy atom. The molecule has 0 aliphatic carbocycles. The predicted octanol–water partition coefficient (Wildman–Crippen LogP) is 3.35. The number of hydrogen-bond donors (Lipinski definition) is 1. The lowest BCUT2D eigenvalue weighted by atomic mass is 9.85. The lowest BCUT2D eigenvalue weighted by molar-refractivity contribution is 0.0169. The van der Waals surface area contributed by atoms with Crippen molar-refractivity contribution in [1.29, 1.82) is 5.26 Å². The average molecular weight is 217 g/mol. The maximum absolute atomic E-state index is 10.6. The summed E-state index contributed by atoms with van der Waals surface area (Å²) in [6.07, 6.45) is 3.37. The number of nitrogens with zero attached hydrogens (tertiary/aromatic N) is 1. The van der Waals surface area contributed by atoms with Crippen LogP contribution in [0, 0.1) is 11.3 Å². The van der Waals surface area contributed by atoms with Gasteiger partial charge in [-0.25, -0.2) is 0 Å². The van der Waals surface area contributed by atoms with Gasteiger partial charge in [-0.1, -0.05) is 38.8 Å². The van der Waals surface area contributed by atoms with Crippen LogP contribution in [0.4, 0.5) is 0 Å². The molecule has 1 rings (SSSR count). The van der Waals surface area contributed by atoms with Crippen LogP contribution < -0.4 is 0 Å². The Hall–Kier alpha value is -1.33. The van der Waals surface area contributed by atoms with Gasteiger partial charge in [-0.05, 0) is 30.5 Å². The molecule has 0 unspecified atom stereocenters. The van der Waals surface area contributed by atoms with Gasteiger partial charge in [-0.15, -0.1) is 0 Å². The Kier molecular flexibility index (Phi) is 4.52. The zero-order valence-corrected chi connectivity index (χ0v) is 10.0. The summed E-state index contributed by atoms with van der Waals surface area (Å²) in [5.41, 5.74) is 0.717. The van der Waals surface area contributed by atoms with Crippen LogP contribution in [-0.4, -0.2) is 5.11 Å². The first-order chi connectivity index (χ1) is 7.66. The summed E-state index contributed by atoms with van der Waals surface area (Å²) >= 11 is 0. The smallest absolute Gasteiger partial charge is 0.0991 e. The second kappa shape index (κ2) is 5.67. The third-order valence-corrected chi connectivity index (χ3v) is 2.86. The molecule has 0 amide bonds. The SMILES string of the molecule is CCCC(O)(CCC)c1cccc(C#N)c1. The topological polar surface area (TPSA) is 44.0 Å². The van der Waals surface area contributed by atoms with Gasteiger partial charge < -0.3 is 5.11 Å². The van der Waals surface area contributed by atoms with Crippen molar-refractivity contribution < 1.29 is 5.11 Å². The molecule has 0 fully saturated rings. The second-order valence-electron chi connectivity index (χ2n) is 4.22. The lowest BCUT2D eigenvalue weighted by Gasteiger charge is -2.28. The largest absolute Gasteiger partial charge is 0.385 e. The molecule has 0 saturated carbocycles. The van der Waals surface area contributed by atoms with E-state index in [-0.39, 0.29) is 0 Å². The monoisotopic (exact) mass is 217 g/mol. The zero-order chi connectivity index (χ0) is 12.0. The molecule has 0 radical (unpaired) electrons. The van der Waals surface area contributed by atoms with Crippen LogP contribution in [0.25, 0.3) is 0 Å². The number of rotatable bonds is 5. The van der Waals surface area contributed by atoms with Crippen molar-refractivity contribution in [3.8, 4) is 6.07 Å². The Bertz CT molecular complexity index is 373. The van der Waals surface area contributed by atoms with E-state index in [4.69, 9.17) is 5.26 Å². The number of hydrogen-bond acceptors (Lipinski definition) is 2. The maximum Gasteiger partial charge on any atom is 0.0991 e. The number of benzene rings is 1. The van der Waals surface area contributed by atoms with Crippen LogP contribution in [0.15, 0.2) is 24.3 Å². The van der Waals surface area contributed by atoms with E-state index in [0.717, 1.165) is 31.2 Å². The van der Waals surface area contributed by atoms with Gasteiger partial charge in [-0.3, -0.25) is 0 Å². The van der Waals surface area contributed by atoms with Crippen molar-refractivity contribution >= 4 is 0 Å². The fourth-order valence-corrected chi connectivity index (χ4v) is 2.12. The van der Waals surface area contributed by atoms with Crippen LogP contribution in [0.1, 0.15) is 50.7 Å². The highest BCUT2D eigenvalue weighted by Crippen LogP contribution is 2.31. The first-order valence-electron chi connectivity index (χ1n) is 5.89. The van der Waals surface area contributed by atoms with Crippen LogP contribution >= 0.6 is 0 Å². The van der Waals surface area contributed by atoms with E-state index in [9.17, 15) is 5.11 Å². The Morgan fingerprint density at radius 3 is 2.38 bits per heavy atom. The average Bonchev–Trinajstić information content (AvgIpc) is 2.30. The molecule has 0 aromatic heterocycles. The fourth-order valence-electron chi connectivity index (χ4n) is 2.12. The Balaban J connectivity index is 3.05. The summed E-state index contributed by atoms with van der Waals surface area (Å²) in [5.74, 6) is 0. The summed E-state index contributed by atoms with van der Waals surface area (Å²) in [6.45, 7) is 4.13. The van der Waals surface area contributed by atoms with Crippen LogP contribution in [0.5, 0.6) is 0 Å². The van der Waals surface area contributed by atoms with Gasteiger partial charge >= 0.3 is 0 Å². The summed E-state index contributed by atoms with van der Waals surface area (Å²) < 4.78 is 0. The van der Waals surface area contributed by atoms with Gasteiger partial charge in [0.25, 0.3) is 0 Å². The van der Waals surface area contributed by atoms with Crippen LogP contribution in [0.3, 0.4) is 0 Å². The molecule has 0 bridgehead atoms. The van der Waals surface area contributed by atoms with E-state index in [1.165, 1.54) is 0 Å². The minimum absolute atomic E-state index is 0.614. The second-order valence-corrected chi connectivity index (χ2v) is 4.22. The molecule has 2 nitrogen and oxygen atoms in total. The van der Waals surface area contributed by atoms with E-state index in [0.29, 0.717) is 5.56 Å². The summed E-state index contributed by atoms with van der Waals surface area (Å²) in [7, 11) is 0. The highest BCUT2D eigenvalue weighted by atomic mass is 16.3. The minimum Gasteiger partial charge on any atom is -0.385 e. The molecule has 0 aliphatic rings. The molecule has 86 valence electrons. The van der Waals surface area contributed by atoms with Gasteiger partial charge in [0, 0.05) is 0 Å². The van der Waals surface area contributed by atoms with Gasteiger partial charge in [0.1, 0.15) is 0 Å². The molecule has 2 heteroatoms. The van der Waals surface area contributed by atoms with Crippen molar-refractivity contribution in [3.63, 3.8) is 0 Å². The standard InChI is InChI=1S/C14H19NO/c1-3-8-14(16,9-4-2)13-7-5-6-12(10-13)11-15/h5-7,10,16H,3-4,8-9H2,1-2H3. The molecule has 1 aromatic rings. The molecule has 0 aliphatic heterocycles. The summed E-state index contributed by atoms with van der Waals surface area (Å²) in [6, 6.07) is 9.42. The molecule has 0 spiro atoms. The Labute approximate surface area is 97.5 Å². The number of nitriles is 1. The van der Waals surface area contributed by atoms with Gasteiger partial charge in [0.15, 0.2) is 0 Å². The Morgan fingerprint density at radius 1 is 1.25 bits per heavy atom. The third kappa shape index (κ3) is 2.84. The third-order valence-electron chi connectivity index (χ3n) is 2.86. The summed E-state index contributed by atoms with van der Waals surface area (Å²) in [5, 5.41) is 19.4. The van der Waals surface area contributed by atoms with E-state index in [1.54, 1.807) is 12.1 Å². The number of aliphatic hydroxyl groups is 1. The fraction of sp³-hybridized carbons (Fsp3) is 0.500. The highest BCUT2D eigenvalue weighted by Gasteiger charge is 2.27. The van der Waals surface area contributed by atoms with Crippen molar-refractivity contribution in [2.75, 3.05) is 0 Å². The first kappa shape index (κ1) is 12.7. The van der Waals surface area contributed by atoms with E-state index in [1.807, 2.05) is 12.1 Å². The van der Waals surface area contributed by atoms with Gasteiger partial charge in [0.05, 0.1) is 17.2 Å². The molecule has 0 saturated heterocycles. The van der Waals surface area contributed by atoms with Gasteiger partial charge in [0.2, 0.25) is 0 Å². The maximum atomic E-state index is 10.6. The normalized spacial score (nSPS) is 11.1. The van der Waals surface area contributed by atoms with Crippen LogP contribution in [-0.2, 0) is 5.60 Å². The molecular weight excluding hydrogens is 198 g/mol. The van der Waals surface area contributed by atoms with Crippen LogP contribution in [0.2, 0.25) is 0 Å². The first-order valence-corrected chi connectivity index (χ1v) is 5.89. The molecule has 16 heavy (non-hydrogen) atoms. The quantitative estimate of drug-likeness (QED) is 0.822. The molecule has 0 heterocycles. The highest BCUT2D eigenvalue weighted by molar-refractivity contribution is 5.35. The lowest BCUT2D eigenvalue weighted by Crippen LogP contribution is -2.25. The van der Waals surface area contributed by atoms with E-state index in [2.05, 4.69) is 19.9 Å². The minimum atomic E-state index is -0.768. The molecule has 1 aromatic carbocycles. The molecule has 0 atom stereocenters. The van der Waals surface area contributed by atoms with Crippen molar-refractivity contribution in [2.45, 2.75) is 45.1 Å². The van der Waals surface area contributed by atoms with Crippen molar-refractivity contribution in [3.05, 3.63) is 35.4 Å². The zero-order valence-electron chi connectivity index (χ0n) is 10.0.